The molecule has 0 saturated heterocycles. The number of nitrogens with one attached hydrogen (secondary N) is 1. The van der Waals surface area contributed by atoms with Crippen LogP contribution < -0.4 is 10.1 Å². The van der Waals surface area contributed by atoms with Crippen LogP contribution in [-0.4, -0.2) is 10.8 Å². The van der Waals surface area contributed by atoms with Crippen molar-refractivity contribution >= 4 is 57.3 Å². The van der Waals surface area contributed by atoms with E-state index in [4.69, 9.17) is 27.9 Å². The molecule has 1 N–H and O–H groups in total. The van der Waals surface area contributed by atoms with Gasteiger partial charge in [-0.2, -0.15) is 5.26 Å². The fourth-order valence-corrected chi connectivity index (χ4v) is 3.92. The zero-order valence-electron chi connectivity index (χ0n) is 18.6. The molecule has 1 amide bonds. The minimum absolute atomic E-state index is 0.0647. The summed E-state index contributed by atoms with van der Waals surface area (Å²) in [5, 5.41) is 25.6. The summed E-state index contributed by atoms with van der Waals surface area (Å²) < 4.78 is 6.05. The molecular formula is C27H17Cl2N3O4. The number of carbonyl (C=O) groups is 1. The molecule has 0 saturated carbocycles. The maximum absolute atomic E-state index is 12.9. The Bertz CT molecular complexity index is 1560. The van der Waals surface area contributed by atoms with Gasteiger partial charge in [-0.25, -0.2) is 0 Å². The third-order valence-electron chi connectivity index (χ3n) is 5.33. The van der Waals surface area contributed by atoms with Crippen LogP contribution in [0.1, 0.15) is 11.1 Å². The van der Waals surface area contributed by atoms with E-state index in [0.717, 1.165) is 22.4 Å². The predicted octanol–water partition coefficient (Wildman–Crippen LogP) is 7.18. The van der Waals surface area contributed by atoms with Gasteiger partial charge in [0.25, 0.3) is 11.6 Å². The molecule has 0 radical (unpaired) electrons. The Morgan fingerprint density at radius 2 is 1.78 bits per heavy atom. The molecular weight excluding hydrogens is 501 g/mol. The number of benzene rings is 4. The second-order valence-electron chi connectivity index (χ2n) is 7.63. The van der Waals surface area contributed by atoms with Gasteiger partial charge in [-0.3, -0.25) is 14.9 Å². The highest BCUT2D eigenvalue weighted by molar-refractivity contribution is 6.32. The first-order valence-electron chi connectivity index (χ1n) is 10.6. The van der Waals surface area contributed by atoms with E-state index >= 15 is 0 Å². The first kappa shape index (κ1) is 24.7. The van der Waals surface area contributed by atoms with Crippen molar-refractivity contribution in [3.8, 4) is 11.8 Å². The molecule has 0 unspecified atom stereocenters. The summed E-state index contributed by atoms with van der Waals surface area (Å²) in [6.07, 6.45) is 1.43. The van der Waals surface area contributed by atoms with Crippen molar-refractivity contribution in [3.05, 3.63) is 116 Å². The summed E-state index contributed by atoms with van der Waals surface area (Å²) in [5.74, 6) is -0.282. The molecule has 178 valence electrons. The molecule has 36 heavy (non-hydrogen) atoms. The molecule has 0 spiro atoms. The largest absolute Gasteiger partial charge is 0.488 e. The first-order valence-corrected chi connectivity index (χ1v) is 11.4. The Balaban J connectivity index is 1.70. The van der Waals surface area contributed by atoms with Crippen LogP contribution in [0.25, 0.3) is 16.8 Å². The molecule has 4 aromatic carbocycles. The number of rotatable bonds is 7. The van der Waals surface area contributed by atoms with Gasteiger partial charge < -0.3 is 10.1 Å². The minimum atomic E-state index is -0.737. The van der Waals surface area contributed by atoms with Crippen LogP contribution in [0, 0.1) is 21.4 Å². The van der Waals surface area contributed by atoms with Crippen LogP contribution in [-0.2, 0) is 11.4 Å². The normalized spacial score (nSPS) is 11.1. The molecule has 0 aliphatic heterocycles. The number of hydrogen-bond acceptors (Lipinski definition) is 5. The highest BCUT2D eigenvalue weighted by Crippen LogP contribution is 2.32. The molecule has 7 nitrogen and oxygen atoms in total. The lowest BCUT2D eigenvalue weighted by Crippen LogP contribution is -2.13. The zero-order valence-corrected chi connectivity index (χ0v) is 20.1. The number of amides is 1. The fraction of sp³-hybridized carbons (Fsp3) is 0.0370. The number of fused-ring (bicyclic) bond motifs is 1. The van der Waals surface area contributed by atoms with Crippen molar-refractivity contribution in [1.29, 1.82) is 5.26 Å². The van der Waals surface area contributed by atoms with Crippen molar-refractivity contribution in [2.75, 3.05) is 5.32 Å². The van der Waals surface area contributed by atoms with Crippen LogP contribution in [0.5, 0.6) is 5.75 Å². The van der Waals surface area contributed by atoms with Crippen molar-refractivity contribution < 1.29 is 14.5 Å². The van der Waals surface area contributed by atoms with E-state index in [1.165, 1.54) is 18.2 Å². The molecule has 0 aliphatic rings. The summed E-state index contributed by atoms with van der Waals surface area (Å²) in [4.78, 5) is 23.4. The number of nitrogens with zero attached hydrogens (tertiary/aromatic N) is 2. The number of nitriles is 1. The predicted molar refractivity (Wildman–Crippen MR) is 140 cm³/mol. The summed E-state index contributed by atoms with van der Waals surface area (Å²) in [5.41, 5.74) is 0.872. The highest BCUT2D eigenvalue weighted by Gasteiger charge is 2.17. The van der Waals surface area contributed by atoms with Gasteiger partial charge in [0.1, 0.15) is 29.0 Å². The van der Waals surface area contributed by atoms with Gasteiger partial charge in [0.05, 0.1) is 4.92 Å². The van der Waals surface area contributed by atoms with Gasteiger partial charge in [0, 0.05) is 27.9 Å². The van der Waals surface area contributed by atoms with E-state index in [-0.39, 0.29) is 28.6 Å². The lowest BCUT2D eigenvalue weighted by atomic mass is 10.0. The van der Waals surface area contributed by atoms with Gasteiger partial charge in [0.15, 0.2) is 0 Å². The number of nitro benzene ring substituents is 1. The average molecular weight is 518 g/mol. The van der Waals surface area contributed by atoms with E-state index in [9.17, 15) is 20.2 Å². The lowest BCUT2D eigenvalue weighted by molar-refractivity contribution is -0.384. The molecule has 4 aromatic rings. The number of nitro groups is 1. The third-order valence-corrected chi connectivity index (χ3v) is 6.01. The summed E-state index contributed by atoms with van der Waals surface area (Å²) in [7, 11) is 0. The fourth-order valence-electron chi connectivity index (χ4n) is 3.54. The van der Waals surface area contributed by atoms with Crippen LogP contribution in [0.3, 0.4) is 0 Å². The highest BCUT2D eigenvalue weighted by atomic mass is 35.5. The Labute approximate surface area is 216 Å². The van der Waals surface area contributed by atoms with Gasteiger partial charge in [-0.1, -0.05) is 71.7 Å². The quantitative estimate of drug-likeness (QED) is 0.121. The smallest absolute Gasteiger partial charge is 0.289 e. The Hall–Kier alpha value is -4.38. The maximum atomic E-state index is 12.9. The molecule has 0 aromatic heterocycles. The van der Waals surface area contributed by atoms with E-state index in [1.807, 2.05) is 54.6 Å². The third kappa shape index (κ3) is 5.47. The van der Waals surface area contributed by atoms with Crippen molar-refractivity contribution in [2.24, 2.45) is 0 Å². The monoisotopic (exact) mass is 517 g/mol. The topological polar surface area (TPSA) is 105 Å². The number of anilines is 1. The standard InChI is InChI=1S/C27H17Cl2N3O4/c28-23-8-4-2-6-18(23)16-36-26-12-9-17-5-1-3-7-21(17)22(26)13-19(15-30)27(33)31-20-10-11-24(29)25(14-20)32(34)35/h1-14H,16H2,(H,31,33)/b19-13+. The second-order valence-corrected chi connectivity index (χ2v) is 8.44. The van der Waals surface area contributed by atoms with Gasteiger partial charge in [0.2, 0.25) is 0 Å². The summed E-state index contributed by atoms with van der Waals surface area (Å²) in [6, 6.07) is 24.2. The number of ether oxygens (including phenoxy) is 1. The Morgan fingerprint density at radius 1 is 1.03 bits per heavy atom. The molecule has 4 rings (SSSR count). The van der Waals surface area contributed by atoms with Gasteiger partial charge in [-0.05, 0) is 41.1 Å². The van der Waals surface area contributed by atoms with E-state index in [0.29, 0.717) is 16.3 Å². The van der Waals surface area contributed by atoms with Gasteiger partial charge in [-0.15, -0.1) is 0 Å². The molecule has 9 heteroatoms. The summed E-state index contributed by atoms with van der Waals surface area (Å²) in [6.45, 7) is 0.182. The van der Waals surface area contributed by atoms with Crippen LogP contribution in [0.4, 0.5) is 11.4 Å². The molecule has 0 fully saturated rings. The maximum Gasteiger partial charge on any atom is 0.289 e. The summed E-state index contributed by atoms with van der Waals surface area (Å²) >= 11 is 12.1. The second kappa shape index (κ2) is 10.9. The Kier molecular flexibility index (Phi) is 7.50. The SMILES string of the molecule is N#C/C(=C\c1c(OCc2ccccc2Cl)ccc2ccccc12)C(=O)Nc1ccc(Cl)c([N+](=O)[O-])c1. The van der Waals surface area contributed by atoms with E-state index < -0.39 is 10.8 Å². The Morgan fingerprint density at radius 3 is 2.53 bits per heavy atom. The van der Waals surface area contributed by atoms with Crippen molar-refractivity contribution in [3.63, 3.8) is 0 Å². The van der Waals surface area contributed by atoms with E-state index in [2.05, 4.69) is 5.32 Å². The van der Waals surface area contributed by atoms with Gasteiger partial charge >= 0.3 is 0 Å². The van der Waals surface area contributed by atoms with E-state index in [1.54, 1.807) is 12.1 Å². The average Bonchev–Trinajstić information content (AvgIpc) is 2.88. The number of hydrogen-bond donors (Lipinski definition) is 1. The van der Waals surface area contributed by atoms with Crippen molar-refractivity contribution in [1.82, 2.24) is 0 Å². The van der Waals surface area contributed by atoms with Crippen LogP contribution in [0.15, 0.2) is 84.4 Å². The molecule has 0 bridgehead atoms. The molecule has 0 heterocycles. The molecule has 0 aliphatic carbocycles. The lowest BCUT2D eigenvalue weighted by Gasteiger charge is -2.13. The van der Waals surface area contributed by atoms with Crippen LogP contribution in [0.2, 0.25) is 10.0 Å². The van der Waals surface area contributed by atoms with Crippen molar-refractivity contribution in [2.45, 2.75) is 6.61 Å². The molecule has 0 atom stereocenters. The number of carbonyl (C=O) groups excluding carboxylic acids is 1. The zero-order chi connectivity index (χ0) is 25.7. The minimum Gasteiger partial charge on any atom is -0.488 e. The van der Waals surface area contributed by atoms with Crippen LogP contribution >= 0.6 is 23.2 Å². The first-order chi connectivity index (χ1) is 17.4. The number of halogens is 2.